The molecule has 2 aromatic rings. The van der Waals surface area contributed by atoms with Crippen LogP contribution in [-0.4, -0.2) is 40.4 Å². The van der Waals surface area contributed by atoms with E-state index in [0.29, 0.717) is 6.54 Å². The van der Waals surface area contributed by atoms with E-state index in [1.165, 1.54) is 24.8 Å². The van der Waals surface area contributed by atoms with Gasteiger partial charge in [-0.3, -0.25) is 4.99 Å². The summed E-state index contributed by atoms with van der Waals surface area (Å²) in [6, 6.07) is 7.98. The van der Waals surface area contributed by atoms with Gasteiger partial charge >= 0.3 is 0 Å². The van der Waals surface area contributed by atoms with Crippen LogP contribution in [0.3, 0.4) is 0 Å². The Bertz CT molecular complexity index is 737. The molecule has 1 aromatic carbocycles. The summed E-state index contributed by atoms with van der Waals surface area (Å²) in [6.07, 6.45) is 6.52. The Labute approximate surface area is 166 Å². The van der Waals surface area contributed by atoms with Crippen molar-refractivity contribution in [2.45, 2.75) is 52.0 Å². The van der Waals surface area contributed by atoms with Crippen molar-refractivity contribution < 1.29 is 0 Å². The minimum atomic E-state index is 0.703. The van der Waals surface area contributed by atoms with Crippen molar-refractivity contribution >= 4 is 17.6 Å². The zero-order chi connectivity index (χ0) is 18.9. The lowest BCUT2D eigenvalue weighted by Gasteiger charge is -2.11. The Morgan fingerprint density at radius 2 is 1.96 bits per heavy atom. The van der Waals surface area contributed by atoms with Gasteiger partial charge in [0.15, 0.2) is 5.96 Å². The summed E-state index contributed by atoms with van der Waals surface area (Å²) < 4.78 is 2.30. The number of halogens is 1. The van der Waals surface area contributed by atoms with Crippen LogP contribution in [0.1, 0.15) is 43.4 Å². The molecule has 1 aliphatic heterocycles. The molecule has 0 atom stereocenters. The fraction of sp³-hybridized carbons (Fsp3) is 0.550. The van der Waals surface area contributed by atoms with Crippen molar-refractivity contribution in [3.63, 3.8) is 0 Å². The van der Waals surface area contributed by atoms with Gasteiger partial charge in [-0.15, -0.1) is 10.2 Å². The summed E-state index contributed by atoms with van der Waals surface area (Å²) >= 11 is 5.93. The van der Waals surface area contributed by atoms with Gasteiger partial charge in [0.2, 0.25) is 0 Å². The van der Waals surface area contributed by atoms with E-state index in [-0.39, 0.29) is 0 Å². The Hall–Kier alpha value is -2.08. The van der Waals surface area contributed by atoms with Crippen molar-refractivity contribution in [3.8, 4) is 0 Å². The molecule has 7 heteroatoms. The molecule has 1 aliphatic rings. The SMILES string of the molecule is CCNC(=NCCc1nnc2n1CCCCC2)NCCc1ccc(Cl)cc1. The summed E-state index contributed by atoms with van der Waals surface area (Å²) in [7, 11) is 0. The van der Waals surface area contributed by atoms with E-state index in [1.807, 2.05) is 12.1 Å². The molecule has 0 fully saturated rings. The number of aryl methyl sites for hydroxylation is 1. The number of fused-ring (bicyclic) bond motifs is 1. The zero-order valence-electron chi connectivity index (χ0n) is 16.0. The van der Waals surface area contributed by atoms with Gasteiger partial charge in [0.1, 0.15) is 11.6 Å². The van der Waals surface area contributed by atoms with E-state index in [9.17, 15) is 0 Å². The maximum atomic E-state index is 5.93. The van der Waals surface area contributed by atoms with Gasteiger partial charge in [0.05, 0.1) is 0 Å². The monoisotopic (exact) mass is 388 g/mol. The molecule has 0 aliphatic carbocycles. The van der Waals surface area contributed by atoms with Crippen LogP contribution in [0, 0.1) is 0 Å². The molecule has 0 unspecified atom stereocenters. The third-order valence-corrected chi connectivity index (χ3v) is 5.01. The number of aliphatic imine (C=N–C) groups is 1. The van der Waals surface area contributed by atoms with Gasteiger partial charge < -0.3 is 15.2 Å². The first-order valence-electron chi connectivity index (χ1n) is 9.94. The fourth-order valence-corrected chi connectivity index (χ4v) is 3.44. The highest BCUT2D eigenvalue weighted by Gasteiger charge is 2.14. The molecule has 2 N–H and O–H groups in total. The van der Waals surface area contributed by atoms with Gasteiger partial charge in [-0.1, -0.05) is 30.2 Å². The van der Waals surface area contributed by atoms with Crippen LogP contribution in [-0.2, 0) is 25.8 Å². The lowest BCUT2D eigenvalue weighted by Crippen LogP contribution is -2.38. The molecule has 27 heavy (non-hydrogen) atoms. The van der Waals surface area contributed by atoms with Crippen LogP contribution in [0.25, 0.3) is 0 Å². The molecule has 2 heterocycles. The molecule has 0 amide bonds. The number of hydrogen-bond donors (Lipinski definition) is 2. The second-order valence-corrected chi connectivity index (χ2v) is 7.25. The molecule has 0 bridgehead atoms. The molecule has 0 saturated heterocycles. The second-order valence-electron chi connectivity index (χ2n) is 6.81. The lowest BCUT2D eigenvalue weighted by molar-refractivity contribution is 0.604. The average Bonchev–Trinajstić information content (AvgIpc) is 2.90. The summed E-state index contributed by atoms with van der Waals surface area (Å²) in [5.41, 5.74) is 1.26. The number of aromatic nitrogens is 3. The van der Waals surface area contributed by atoms with Crippen LogP contribution >= 0.6 is 11.6 Å². The van der Waals surface area contributed by atoms with Crippen LogP contribution < -0.4 is 10.6 Å². The Morgan fingerprint density at radius 3 is 2.78 bits per heavy atom. The van der Waals surface area contributed by atoms with E-state index < -0.39 is 0 Å². The smallest absolute Gasteiger partial charge is 0.191 e. The molecule has 0 radical (unpaired) electrons. The minimum Gasteiger partial charge on any atom is -0.357 e. The molecular formula is C20H29ClN6. The maximum Gasteiger partial charge on any atom is 0.191 e. The predicted molar refractivity (Wildman–Crippen MR) is 110 cm³/mol. The highest BCUT2D eigenvalue weighted by Crippen LogP contribution is 2.14. The molecule has 0 spiro atoms. The first-order chi connectivity index (χ1) is 13.3. The molecule has 3 rings (SSSR count). The van der Waals surface area contributed by atoms with Gasteiger partial charge in [0, 0.05) is 44.0 Å². The van der Waals surface area contributed by atoms with Crippen molar-refractivity contribution in [2.75, 3.05) is 19.6 Å². The summed E-state index contributed by atoms with van der Waals surface area (Å²) in [5, 5.41) is 16.2. The van der Waals surface area contributed by atoms with E-state index >= 15 is 0 Å². The van der Waals surface area contributed by atoms with Crippen LogP contribution in [0.4, 0.5) is 0 Å². The summed E-state index contributed by atoms with van der Waals surface area (Å²) in [5.74, 6) is 3.05. The van der Waals surface area contributed by atoms with Crippen molar-refractivity contribution in [2.24, 2.45) is 4.99 Å². The number of nitrogens with zero attached hydrogens (tertiary/aromatic N) is 4. The number of guanidine groups is 1. The zero-order valence-corrected chi connectivity index (χ0v) is 16.8. The van der Waals surface area contributed by atoms with E-state index in [1.54, 1.807) is 0 Å². The third kappa shape index (κ3) is 5.96. The van der Waals surface area contributed by atoms with Crippen molar-refractivity contribution in [1.82, 2.24) is 25.4 Å². The van der Waals surface area contributed by atoms with Crippen molar-refractivity contribution in [1.29, 1.82) is 0 Å². The van der Waals surface area contributed by atoms with E-state index in [2.05, 4.69) is 44.5 Å². The molecule has 0 saturated carbocycles. The maximum absolute atomic E-state index is 5.93. The Balaban J connectivity index is 1.50. The van der Waals surface area contributed by atoms with E-state index in [4.69, 9.17) is 16.6 Å². The normalized spacial score (nSPS) is 14.5. The fourth-order valence-electron chi connectivity index (χ4n) is 3.32. The molecular weight excluding hydrogens is 360 g/mol. The highest BCUT2D eigenvalue weighted by atomic mass is 35.5. The van der Waals surface area contributed by atoms with Crippen LogP contribution in [0.2, 0.25) is 5.02 Å². The van der Waals surface area contributed by atoms with Crippen LogP contribution in [0.15, 0.2) is 29.3 Å². The predicted octanol–water partition coefficient (Wildman–Crippen LogP) is 3.00. The first kappa shape index (κ1) is 19.7. The van der Waals surface area contributed by atoms with Gasteiger partial charge in [0.25, 0.3) is 0 Å². The first-order valence-corrected chi connectivity index (χ1v) is 10.3. The Kier molecular flexibility index (Phi) is 7.51. The third-order valence-electron chi connectivity index (χ3n) is 4.76. The largest absolute Gasteiger partial charge is 0.357 e. The average molecular weight is 389 g/mol. The standard InChI is InChI=1S/C20H29ClN6/c1-2-22-20(23-13-11-16-7-9-17(21)10-8-16)24-14-12-19-26-25-18-6-4-3-5-15-27(18)19/h7-10H,2-6,11-15H2,1H3,(H2,22,23,24). The number of nitrogens with one attached hydrogen (secondary N) is 2. The van der Waals surface area contributed by atoms with Crippen molar-refractivity contribution in [3.05, 3.63) is 46.5 Å². The number of rotatable bonds is 7. The number of hydrogen-bond acceptors (Lipinski definition) is 3. The van der Waals surface area contributed by atoms with Gasteiger partial charge in [-0.25, -0.2) is 0 Å². The summed E-state index contributed by atoms with van der Waals surface area (Å²) in [6.45, 7) is 5.49. The van der Waals surface area contributed by atoms with Crippen LogP contribution in [0.5, 0.6) is 0 Å². The highest BCUT2D eigenvalue weighted by molar-refractivity contribution is 6.30. The molecule has 146 valence electrons. The quantitative estimate of drug-likeness (QED) is 0.565. The summed E-state index contributed by atoms with van der Waals surface area (Å²) in [4.78, 5) is 4.70. The minimum absolute atomic E-state index is 0.703. The lowest BCUT2D eigenvalue weighted by atomic mass is 10.1. The topological polar surface area (TPSA) is 67.1 Å². The number of benzene rings is 1. The van der Waals surface area contributed by atoms with Gasteiger partial charge in [-0.05, 0) is 43.9 Å². The second kappa shape index (κ2) is 10.3. The Morgan fingerprint density at radius 1 is 1.11 bits per heavy atom. The van der Waals surface area contributed by atoms with E-state index in [0.717, 1.165) is 61.5 Å². The molecule has 1 aromatic heterocycles. The molecule has 6 nitrogen and oxygen atoms in total. The van der Waals surface area contributed by atoms with Gasteiger partial charge in [-0.2, -0.15) is 0 Å².